The molecule has 1 aliphatic rings. The van der Waals surface area contributed by atoms with Crippen molar-refractivity contribution >= 4 is 11.6 Å². The Morgan fingerprint density at radius 3 is 2.79 bits per heavy atom. The van der Waals surface area contributed by atoms with Crippen molar-refractivity contribution in [2.75, 3.05) is 6.61 Å². The fraction of sp³-hybridized carbons (Fsp3) is 0.250. The van der Waals surface area contributed by atoms with E-state index in [0.717, 1.165) is 17.7 Å². The van der Waals surface area contributed by atoms with E-state index in [-0.39, 0.29) is 0 Å². The molecule has 1 aliphatic carbocycles. The maximum atomic E-state index is 6.17. The molecule has 0 fully saturated rings. The van der Waals surface area contributed by atoms with Gasteiger partial charge in [-0.05, 0) is 35.2 Å². The number of ether oxygens (including phenoxy) is 1. The van der Waals surface area contributed by atoms with Crippen LogP contribution in [0.25, 0.3) is 0 Å². The quantitative estimate of drug-likeness (QED) is 0.925. The summed E-state index contributed by atoms with van der Waals surface area (Å²) in [4.78, 5) is 0. The van der Waals surface area contributed by atoms with Gasteiger partial charge < -0.3 is 10.5 Å². The van der Waals surface area contributed by atoms with Crippen LogP contribution in [0.2, 0.25) is 5.02 Å². The third-order valence-corrected chi connectivity index (χ3v) is 3.93. The zero-order chi connectivity index (χ0) is 13.2. The second-order valence-corrected chi connectivity index (χ2v) is 5.29. The molecule has 0 radical (unpaired) electrons. The van der Waals surface area contributed by atoms with Gasteiger partial charge in [0.1, 0.15) is 5.75 Å². The molecule has 2 aromatic carbocycles. The van der Waals surface area contributed by atoms with Crippen LogP contribution in [0.4, 0.5) is 0 Å². The van der Waals surface area contributed by atoms with Gasteiger partial charge in [0.15, 0.2) is 0 Å². The maximum absolute atomic E-state index is 6.17. The highest BCUT2D eigenvalue weighted by atomic mass is 35.5. The number of rotatable bonds is 4. The Kier molecular flexibility index (Phi) is 3.45. The van der Waals surface area contributed by atoms with Crippen LogP contribution < -0.4 is 10.5 Å². The van der Waals surface area contributed by atoms with Crippen LogP contribution in [0, 0.1) is 0 Å². The molecule has 98 valence electrons. The van der Waals surface area contributed by atoms with Crippen molar-refractivity contribution in [1.82, 2.24) is 0 Å². The van der Waals surface area contributed by atoms with Gasteiger partial charge >= 0.3 is 0 Å². The second-order valence-electron chi connectivity index (χ2n) is 4.88. The van der Waals surface area contributed by atoms with Crippen molar-refractivity contribution in [2.24, 2.45) is 5.73 Å². The Bertz CT molecular complexity index is 597. The molecule has 3 rings (SSSR count). The average molecular weight is 274 g/mol. The lowest BCUT2D eigenvalue weighted by atomic mass is 9.78. The highest BCUT2D eigenvalue weighted by Crippen LogP contribution is 2.36. The lowest BCUT2D eigenvalue weighted by molar-refractivity contribution is 0.275. The van der Waals surface area contributed by atoms with Crippen molar-refractivity contribution in [1.29, 1.82) is 0 Å². The zero-order valence-corrected chi connectivity index (χ0v) is 11.4. The number of hydrogen-bond acceptors (Lipinski definition) is 2. The van der Waals surface area contributed by atoms with E-state index in [2.05, 4.69) is 24.3 Å². The zero-order valence-electron chi connectivity index (χ0n) is 10.6. The Hall–Kier alpha value is -1.51. The normalized spacial score (nSPS) is 16.6. The van der Waals surface area contributed by atoms with Gasteiger partial charge in [-0.15, -0.1) is 0 Å². The van der Waals surface area contributed by atoms with Crippen molar-refractivity contribution < 1.29 is 4.74 Å². The van der Waals surface area contributed by atoms with Gasteiger partial charge in [0.2, 0.25) is 0 Å². The van der Waals surface area contributed by atoms with Crippen molar-refractivity contribution in [3.63, 3.8) is 0 Å². The molecule has 1 unspecified atom stereocenters. The first-order chi connectivity index (χ1) is 9.28. The van der Waals surface area contributed by atoms with E-state index >= 15 is 0 Å². The van der Waals surface area contributed by atoms with Crippen LogP contribution in [0.3, 0.4) is 0 Å². The monoisotopic (exact) mass is 273 g/mol. The molecular formula is C16H16ClNO. The van der Waals surface area contributed by atoms with Gasteiger partial charge in [0.05, 0.1) is 11.6 Å². The lowest BCUT2D eigenvalue weighted by Gasteiger charge is -2.30. The molecule has 3 heteroatoms. The summed E-state index contributed by atoms with van der Waals surface area (Å²) in [5.74, 6) is 1.23. The van der Waals surface area contributed by atoms with E-state index in [0.29, 0.717) is 24.1 Å². The smallest absolute Gasteiger partial charge is 0.137 e. The standard InChI is InChI=1S/C16H16ClNO/c17-15-7-11(9-18)5-6-16(15)19-10-13-8-12-3-1-2-4-14(12)13/h1-7,13H,8-10,18H2. The molecule has 19 heavy (non-hydrogen) atoms. The van der Waals surface area contributed by atoms with Gasteiger partial charge in [-0.1, -0.05) is 41.9 Å². The minimum Gasteiger partial charge on any atom is -0.491 e. The molecule has 0 heterocycles. The summed E-state index contributed by atoms with van der Waals surface area (Å²) in [6, 6.07) is 14.2. The summed E-state index contributed by atoms with van der Waals surface area (Å²) in [6.07, 6.45) is 1.09. The van der Waals surface area contributed by atoms with Gasteiger partial charge in [-0.3, -0.25) is 0 Å². The third kappa shape index (κ3) is 2.46. The molecule has 0 aromatic heterocycles. The number of hydrogen-bond donors (Lipinski definition) is 1. The number of fused-ring (bicyclic) bond motifs is 1. The van der Waals surface area contributed by atoms with Gasteiger partial charge in [-0.25, -0.2) is 0 Å². The van der Waals surface area contributed by atoms with Gasteiger partial charge in [0, 0.05) is 12.5 Å². The Morgan fingerprint density at radius 1 is 1.21 bits per heavy atom. The number of benzene rings is 2. The van der Waals surface area contributed by atoms with Crippen molar-refractivity contribution in [3.8, 4) is 5.75 Å². The number of halogens is 1. The summed E-state index contributed by atoms with van der Waals surface area (Å²) < 4.78 is 5.82. The topological polar surface area (TPSA) is 35.2 Å². The molecule has 2 aromatic rings. The van der Waals surface area contributed by atoms with E-state index < -0.39 is 0 Å². The van der Waals surface area contributed by atoms with Crippen LogP contribution in [0.5, 0.6) is 5.75 Å². The van der Waals surface area contributed by atoms with Crippen LogP contribution in [-0.4, -0.2) is 6.61 Å². The fourth-order valence-electron chi connectivity index (χ4n) is 2.49. The molecule has 0 saturated heterocycles. The van der Waals surface area contributed by atoms with Crippen LogP contribution in [-0.2, 0) is 13.0 Å². The van der Waals surface area contributed by atoms with Gasteiger partial charge in [0.25, 0.3) is 0 Å². The molecular weight excluding hydrogens is 258 g/mol. The molecule has 0 amide bonds. The molecule has 0 aliphatic heterocycles. The van der Waals surface area contributed by atoms with E-state index in [1.807, 2.05) is 18.2 Å². The fourth-order valence-corrected chi connectivity index (χ4v) is 2.75. The molecule has 0 saturated carbocycles. The molecule has 2 nitrogen and oxygen atoms in total. The van der Waals surface area contributed by atoms with Crippen LogP contribution in [0.15, 0.2) is 42.5 Å². The summed E-state index contributed by atoms with van der Waals surface area (Å²) in [5, 5.41) is 0.635. The highest BCUT2D eigenvalue weighted by Gasteiger charge is 2.25. The van der Waals surface area contributed by atoms with E-state index in [9.17, 15) is 0 Å². The SMILES string of the molecule is NCc1ccc(OCC2Cc3ccccc32)c(Cl)c1. The maximum Gasteiger partial charge on any atom is 0.137 e. The first-order valence-electron chi connectivity index (χ1n) is 6.47. The summed E-state index contributed by atoms with van der Waals surface area (Å²) in [5.41, 5.74) is 9.43. The molecule has 0 spiro atoms. The Morgan fingerprint density at radius 2 is 2.05 bits per heavy atom. The summed E-state index contributed by atoms with van der Waals surface area (Å²) >= 11 is 6.17. The minimum atomic E-state index is 0.487. The predicted molar refractivity (Wildman–Crippen MR) is 77.7 cm³/mol. The van der Waals surface area contributed by atoms with E-state index in [4.69, 9.17) is 22.1 Å². The first-order valence-corrected chi connectivity index (χ1v) is 6.85. The Labute approximate surface area is 118 Å². The minimum absolute atomic E-state index is 0.487. The highest BCUT2D eigenvalue weighted by molar-refractivity contribution is 6.32. The van der Waals surface area contributed by atoms with E-state index in [1.165, 1.54) is 11.1 Å². The van der Waals surface area contributed by atoms with Crippen molar-refractivity contribution in [2.45, 2.75) is 18.9 Å². The average Bonchev–Trinajstić information content (AvgIpc) is 2.41. The Balaban J connectivity index is 1.65. The lowest BCUT2D eigenvalue weighted by Crippen LogP contribution is -2.23. The summed E-state index contributed by atoms with van der Waals surface area (Å²) in [7, 11) is 0. The van der Waals surface area contributed by atoms with E-state index in [1.54, 1.807) is 0 Å². The molecule has 2 N–H and O–H groups in total. The van der Waals surface area contributed by atoms with Crippen LogP contribution in [0.1, 0.15) is 22.6 Å². The van der Waals surface area contributed by atoms with Crippen LogP contribution >= 0.6 is 11.6 Å². The van der Waals surface area contributed by atoms with Gasteiger partial charge in [-0.2, -0.15) is 0 Å². The van der Waals surface area contributed by atoms with Crippen molar-refractivity contribution in [3.05, 3.63) is 64.2 Å². The summed E-state index contributed by atoms with van der Waals surface area (Å²) in [6.45, 7) is 1.18. The largest absolute Gasteiger partial charge is 0.491 e. The number of nitrogens with two attached hydrogens (primary N) is 1. The first kappa shape index (κ1) is 12.5. The second kappa shape index (κ2) is 5.24. The predicted octanol–water partition coefficient (Wildman–Crippen LogP) is 3.52. The third-order valence-electron chi connectivity index (χ3n) is 3.63. The molecule has 0 bridgehead atoms. The molecule has 1 atom stereocenters.